The normalized spacial score (nSPS) is 12.9. The van der Waals surface area contributed by atoms with Gasteiger partial charge in [0.15, 0.2) is 6.10 Å². The summed E-state index contributed by atoms with van der Waals surface area (Å²) in [6, 6.07) is 0. The molecule has 0 aliphatic heterocycles. The number of carbonyl (C=O) groups is 3. The van der Waals surface area contributed by atoms with Crippen molar-refractivity contribution in [1.29, 1.82) is 0 Å². The second kappa shape index (κ2) is 42.3. The Morgan fingerprint density at radius 2 is 0.796 bits per heavy atom. The van der Waals surface area contributed by atoms with E-state index in [4.69, 9.17) is 14.2 Å². The van der Waals surface area contributed by atoms with Crippen LogP contribution in [0.1, 0.15) is 181 Å². The molecule has 0 aromatic carbocycles. The van der Waals surface area contributed by atoms with Crippen molar-refractivity contribution in [2.45, 2.75) is 187 Å². The van der Waals surface area contributed by atoms with Gasteiger partial charge in [0.05, 0.1) is 0 Å². The maximum absolute atomic E-state index is 12.6. The monoisotopic (exact) mass is 751 g/mol. The largest absolute Gasteiger partial charge is 0.462 e. The zero-order chi connectivity index (χ0) is 39.4. The number of esters is 3. The lowest BCUT2D eigenvalue weighted by molar-refractivity contribution is -0.167. The number of unbranched alkanes of at least 4 members (excludes halogenated alkanes) is 13. The van der Waals surface area contributed by atoms with E-state index < -0.39 is 6.10 Å². The molecule has 0 bridgehead atoms. The molecule has 54 heavy (non-hydrogen) atoms. The molecule has 1 unspecified atom stereocenters. The first-order valence-electron chi connectivity index (χ1n) is 21.6. The summed E-state index contributed by atoms with van der Waals surface area (Å²) < 4.78 is 16.5. The van der Waals surface area contributed by atoms with Crippen LogP contribution in [0.25, 0.3) is 0 Å². The van der Waals surface area contributed by atoms with Gasteiger partial charge in [-0.05, 0) is 96.3 Å². The van der Waals surface area contributed by atoms with Crippen molar-refractivity contribution in [3.63, 3.8) is 0 Å². The van der Waals surface area contributed by atoms with E-state index in [9.17, 15) is 14.4 Å². The highest BCUT2D eigenvalue weighted by Crippen LogP contribution is 2.11. The van der Waals surface area contributed by atoms with E-state index in [1.807, 2.05) is 0 Å². The lowest BCUT2D eigenvalue weighted by atomic mass is 10.1. The van der Waals surface area contributed by atoms with E-state index in [0.29, 0.717) is 19.3 Å². The standard InChI is InChI=1S/C48H78O6/c1-4-7-10-13-16-19-21-22-23-24-25-27-29-32-35-38-41-47(50)53-44-45(43-52-46(49)40-37-34-31-28-18-15-12-9-6-3)54-48(51)42-39-36-33-30-26-20-17-14-11-8-5-2/h8-9,11-12,17-18,20,23-25,27-28,30,33,45H,4-7,10,13-16,19,21-22,26,29,31-32,34-44H2,1-3H3/b11-8-,12-9-,20-17-,24-23-,27-25-,28-18-,33-30-. The Balaban J connectivity index is 4.49. The molecule has 1 atom stereocenters. The molecule has 6 heteroatoms. The van der Waals surface area contributed by atoms with Crippen molar-refractivity contribution in [2.24, 2.45) is 0 Å². The first-order valence-corrected chi connectivity index (χ1v) is 21.6. The number of allylic oxidation sites excluding steroid dienone is 14. The molecule has 0 N–H and O–H groups in total. The molecule has 0 rings (SSSR count). The Labute approximate surface area is 331 Å². The van der Waals surface area contributed by atoms with Crippen LogP contribution >= 0.6 is 0 Å². The van der Waals surface area contributed by atoms with Crippen molar-refractivity contribution >= 4 is 17.9 Å². The topological polar surface area (TPSA) is 78.9 Å². The maximum Gasteiger partial charge on any atom is 0.306 e. The van der Waals surface area contributed by atoms with E-state index in [2.05, 4.69) is 106 Å². The summed E-state index contributed by atoms with van der Waals surface area (Å²) in [5.41, 5.74) is 0. The van der Waals surface area contributed by atoms with E-state index in [0.717, 1.165) is 89.9 Å². The number of hydrogen-bond acceptors (Lipinski definition) is 6. The van der Waals surface area contributed by atoms with Crippen LogP contribution in [0.15, 0.2) is 85.1 Å². The summed E-state index contributed by atoms with van der Waals surface area (Å²) >= 11 is 0. The summed E-state index contributed by atoms with van der Waals surface area (Å²) in [4.78, 5) is 37.5. The van der Waals surface area contributed by atoms with E-state index >= 15 is 0 Å². The minimum atomic E-state index is -0.823. The summed E-state index contributed by atoms with van der Waals surface area (Å²) in [6.07, 6.45) is 53.1. The van der Waals surface area contributed by atoms with Gasteiger partial charge in [-0.3, -0.25) is 14.4 Å². The van der Waals surface area contributed by atoms with Crippen LogP contribution in [-0.4, -0.2) is 37.2 Å². The number of hydrogen-bond donors (Lipinski definition) is 0. The quantitative estimate of drug-likeness (QED) is 0.0207. The van der Waals surface area contributed by atoms with Gasteiger partial charge < -0.3 is 14.2 Å². The van der Waals surface area contributed by atoms with Gasteiger partial charge in [-0.25, -0.2) is 0 Å². The van der Waals surface area contributed by atoms with Crippen LogP contribution < -0.4 is 0 Å². The maximum atomic E-state index is 12.6. The third-order valence-corrected chi connectivity index (χ3v) is 8.64. The number of rotatable bonds is 37. The highest BCUT2D eigenvalue weighted by Gasteiger charge is 2.19. The molecule has 0 saturated carbocycles. The first kappa shape index (κ1) is 50.6. The molecule has 0 aliphatic carbocycles. The zero-order valence-corrected chi connectivity index (χ0v) is 34.7. The summed E-state index contributed by atoms with van der Waals surface area (Å²) in [5, 5.41) is 0. The third-order valence-electron chi connectivity index (χ3n) is 8.64. The fourth-order valence-electron chi connectivity index (χ4n) is 5.43. The molecule has 0 aliphatic rings. The van der Waals surface area contributed by atoms with Gasteiger partial charge >= 0.3 is 17.9 Å². The predicted molar refractivity (Wildman–Crippen MR) is 228 cm³/mol. The Kier molecular flexibility index (Phi) is 39.7. The lowest BCUT2D eigenvalue weighted by Crippen LogP contribution is -2.30. The molecule has 0 amide bonds. The molecule has 0 spiro atoms. The molecule has 0 aromatic heterocycles. The van der Waals surface area contributed by atoms with Crippen LogP contribution in [-0.2, 0) is 28.6 Å². The van der Waals surface area contributed by atoms with Crippen LogP contribution in [0, 0.1) is 0 Å². The second-order valence-corrected chi connectivity index (χ2v) is 13.9. The molecule has 306 valence electrons. The molecule has 0 saturated heterocycles. The van der Waals surface area contributed by atoms with Crippen molar-refractivity contribution in [1.82, 2.24) is 0 Å². The Bertz CT molecular complexity index is 1090. The Morgan fingerprint density at radius 3 is 1.33 bits per heavy atom. The van der Waals surface area contributed by atoms with Crippen LogP contribution in [0.5, 0.6) is 0 Å². The fraction of sp³-hybridized carbons (Fsp3) is 0.646. The van der Waals surface area contributed by atoms with Gasteiger partial charge in [-0.15, -0.1) is 0 Å². The lowest BCUT2D eigenvalue weighted by Gasteiger charge is -2.18. The summed E-state index contributed by atoms with van der Waals surface area (Å²) in [7, 11) is 0. The Hall–Kier alpha value is -3.41. The van der Waals surface area contributed by atoms with Crippen LogP contribution in [0.4, 0.5) is 0 Å². The van der Waals surface area contributed by atoms with Crippen molar-refractivity contribution in [3.8, 4) is 0 Å². The molecule has 0 radical (unpaired) electrons. The van der Waals surface area contributed by atoms with E-state index in [-0.39, 0.29) is 37.5 Å². The average Bonchev–Trinajstić information content (AvgIpc) is 3.17. The van der Waals surface area contributed by atoms with Crippen molar-refractivity contribution in [3.05, 3.63) is 85.1 Å². The molecule has 6 nitrogen and oxygen atoms in total. The third kappa shape index (κ3) is 39.8. The average molecular weight is 751 g/mol. The molecule has 0 aromatic rings. The molecule has 0 heterocycles. The van der Waals surface area contributed by atoms with E-state index in [1.165, 1.54) is 44.9 Å². The van der Waals surface area contributed by atoms with Crippen molar-refractivity contribution in [2.75, 3.05) is 13.2 Å². The molecular weight excluding hydrogens is 673 g/mol. The van der Waals surface area contributed by atoms with E-state index in [1.54, 1.807) is 0 Å². The summed E-state index contributed by atoms with van der Waals surface area (Å²) in [5.74, 6) is -1.05. The van der Waals surface area contributed by atoms with Crippen LogP contribution in [0.3, 0.4) is 0 Å². The molecule has 0 fully saturated rings. The van der Waals surface area contributed by atoms with Gasteiger partial charge in [-0.2, -0.15) is 0 Å². The minimum Gasteiger partial charge on any atom is -0.462 e. The molecular formula is C48H78O6. The smallest absolute Gasteiger partial charge is 0.306 e. The van der Waals surface area contributed by atoms with Gasteiger partial charge in [-0.1, -0.05) is 151 Å². The highest BCUT2D eigenvalue weighted by atomic mass is 16.6. The summed E-state index contributed by atoms with van der Waals surface area (Å²) in [6.45, 7) is 6.25. The zero-order valence-electron chi connectivity index (χ0n) is 34.7. The van der Waals surface area contributed by atoms with Crippen molar-refractivity contribution < 1.29 is 28.6 Å². The predicted octanol–water partition coefficient (Wildman–Crippen LogP) is 13.7. The first-order chi connectivity index (χ1) is 26.5. The number of carbonyl (C=O) groups excluding carboxylic acids is 3. The second-order valence-electron chi connectivity index (χ2n) is 13.9. The van der Waals surface area contributed by atoms with Gasteiger partial charge in [0.1, 0.15) is 13.2 Å². The van der Waals surface area contributed by atoms with Gasteiger partial charge in [0.25, 0.3) is 0 Å². The number of ether oxygens (including phenoxy) is 3. The fourth-order valence-corrected chi connectivity index (χ4v) is 5.43. The van der Waals surface area contributed by atoms with Crippen LogP contribution in [0.2, 0.25) is 0 Å². The Morgan fingerprint density at radius 1 is 0.407 bits per heavy atom. The van der Waals surface area contributed by atoms with Gasteiger partial charge in [0, 0.05) is 19.3 Å². The SMILES string of the molecule is CC/C=C\C/C=C\C/C=C\CCCC(=O)OC(COC(=O)CCCC/C=C\C/C=C\CC)COC(=O)CCCCC/C=C\C=C/CCCCCCCCC. The van der Waals surface area contributed by atoms with Gasteiger partial charge in [0.2, 0.25) is 0 Å². The highest BCUT2D eigenvalue weighted by molar-refractivity contribution is 5.71. The minimum absolute atomic E-state index is 0.122.